The lowest BCUT2D eigenvalue weighted by atomic mass is 10.0. The van der Waals surface area contributed by atoms with E-state index in [0.29, 0.717) is 25.0 Å². The fraction of sp³-hybridized carbons (Fsp3) is 0.812. The predicted octanol–water partition coefficient (Wildman–Crippen LogP) is 0.920. The monoisotopic (exact) mass is 393 g/mol. The highest BCUT2D eigenvalue weighted by atomic mass is 32.2. The summed E-state index contributed by atoms with van der Waals surface area (Å²) in [5, 5.41) is 14.5. The summed E-state index contributed by atoms with van der Waals surface area (Å²) in [5.74, 6) is -0.390. The molecule has 146 valence electrons. The van der Waals surface area contributed by atoms with Crippen LogP contribution in [-0.4, -0.2) is 65.0 Å². The largest absolute Gasteiger partial charge is 0.480 e. The molecule has 0 aromatic rings. The van der Waals surface area contributed by atoms with Crippen molar-refractivity contribution in [2.24, 2.45) is 11.7 Å². The fourth-order valence-corrected chi connectivity index (χ4v) is 3.09. The molecule has 3 unspecified atom stereocenters. The van der Waals surface area contributed by atoms with Crippen molar-refractivity contribution in [3.05, 3.63) is 0 Å². The Morgan fingerprint density at radius 3 is 1.96 bits per heavy atom. The van der Waals surface area contributed by atoms with Crippen molar-refractivity contribution < 1.29 is 19.5 Å². The first-order valence-electron chi connectivity index (χ1n) is 8.29. The quantitative estimate of drug-likeness (QED) is 0.367. The molecular weight excluding hydrogens is 362 g/mol. The van der Waals surface area contributed by atoms with E-state index < -0.39 is 30.0 Å². The summed E-state index contributed by atoms with van der Waals surface area (Å²) in [6, 6.07) is -2.43. The van der Waals surface area contributed by atoms with Crippen LogP contribution in [0, 0.1) is 5.92 Å². The summed E-state index contributed by atoms with van der Waals surface area (Å²) < 4.78 is 0. The number of rotatable bonds is 13. The van der Waals surface area contributed by atoms with Crippen LogP contribution in [0.1, 0.15) is 33.1 Å². The van der Waals surface area contributed by atoms with Gasteiger partial charge in [0.15, 0.2) is 0 Å². The Balaban J connectivity index is 4.89. The number of aliphatic carboxylic acids is 1. The number of nitrogens with one attached hydrogen (secondary N) is 2. The van der Waals surface area contributed by atoms with E-state index in [-0.39, 0.29) is 11.8 Å². The van der Waals surface area contributed by atoms with Crippen LogP contribution in [0.15, 0.2) is 0 Å². The summed E-state index contributed by atoms with van der Waals surface area (Å²) in [7, 11) is 0. The van der Waals surface area contributed by atoms with E-state index in [9.17, 15) is 19.5 Å². The normalized spacial score (nSPS) is 14.6. The van der Waals surface area contributed by atoms with E-state index in [1.807, 2.05) is 26.4 Å². The Kier molecular flexibility index (Phi) is 12.8. The maximum atomic E-state index is 12.5. The second kappa shape index (κ2) is 13.3. The average Bonchev–Trinajstić information content (AvgIpc) is 2.54. The molecule has 0 aliphatic carbocycles. The van der Waals surface area contributed by atoms with Gasteiger partial charge in [-0.05, 0) is 49.2 Å². The minimum atomic E-state index is -1.08. The van der Waals surface area contributed by atoms with Gasteiger partial charge in [0.25, 0.3) is 0 Å². The lowest BCUT2D eigenvalue weighted by Gasteiger charge is -2.23. The van der Waals surface area contributed by atoms with Gasteiger partial charge in [-0.25, -0.2) is 4.79 Å². The van der Waals surface area contributed by atoms with Crippen LogP contribution >= 0.6 is 23.5 Å². The van der Waals surface area contributed by atoms with Crippen molar-refractivity contribution in [3.63, 3.8) is 0 Å². The highest BCUT2D eigenvalue weighted by Gasteiger charge is 2.28. The standard InChI is InChI=1S/C16H31N3O4S2/c1-10(2)9-13(16(22)23)19-15(21)12(6-8-25-4)18-14(20)11(17)5-7-24-3/h10-13H,5-9,17H2,1-4H3,(H,18,20)(H,19,21)(H,22,23). The molecule has 9 heteroatoms. The van der Waals surface area contributed by atoms with Crippen LogP contribution in [0.2, 0.25) is 0 Å². The third kappa shape index (κ3) is 10.6. The second-order valence-electron chi connectivity index (χ2n) is 6.26. The van der Waals surface area contributed by atoms with E-state index in [1.54, 1.807) is 23.5 Å². The van der Waals surface area contributed by atoms with Crippen molar-refractivity contribution in [1.29, 1.82) is 0 Å². The number of carbonyl (C=O) groups excluding carboxylic acids is 2. The molecular formula is C16H31N3O4S2. The molecule has 0 aliphatic heterocycles. The van der Waals surface area contributed by atoms with Crippen LogP contribution < -0.4 is 16.4 Å². The molecule has 0 saturated heterocycles. The number of hydrogen-bond acceptors (Lipinski definition) is 6. The summed E-state index contributed by atoms with van der Waals surface area (Å²) in [6.45, 7) is 3.78. The molecule has 0 heterocycles. The molecule has 0 aliphatic rings. The lowest BCUT2D eigenvalue weighted by Crippen LogP contribution is -2.54. The molecule has 0 spiro atoms. The van der Waals surface area contributed by atoms with Gasteiger partial charge in [0, 0.05) is 0 Å². The molecule has 0 bridgehead atoms. The molecule has 0 radical (unpaired) electrons. The van der Waals surface area contributed by atoms with Gasteiger partial charge in [0.05, 0.1) is 6.04 Å². The number of carbonyl (C=O) groups is 3. The molecule has 5 N–H and O–H groups in total. The molecule has 7 nitrogen and oxygen atoms in total. The number of carboxylic acids is 1. The Hall–Kier alpha value is -0.930. The molecule has 0 fully saturated rings. The van der Waals surface area contributed by atoms with Gasteiger partial charge < -0.3 is 21.5 Å². The Morgan fingerprint density at radius 2 is 1.48 bits per heavy atom. The van der Waals surface area contributed by atoms with Gasteiger partial charge >= 0.3 is 5.97 Å². The SMILES string of the molecule is CSCCC(N)C(=O)NC(CCSC)C(=O)NC(CC(C)C)C(=O)O. The van der Waals surface area contributed by atoms with E-state index in [1.165, 1.54) is 0 Å². The van der Waals surface area contributed by atoms with Crippen LogP contribution in [0.4, 0.5) is 0 Å². The predicted molar refractivity (Wildman–Crippen MR) is 105 cm³/mol. The fourth-order valence-electron chi connectivity index (χ4n) is 2.12. The van der Waals surface area contributed by atoms with Crippen molar-refractivity contribution in [3.8, 4) is 0 Å². The third-order valence-electron chi connectivity index (χ3n) is 3.54. The number of hydrogen-bond donors (Lipinski definition) is 4. The summed E-state index contributed by atoms with van der Waals surface area (Å²) in [6.07, 6.45) is 5.11. The summed E-state index contributed by atoms with van der Waals surface area (Å²) in [4.78, 5) is 36.0. The maximum Gasteiger partial charge on any atom is 0.326 e. The van der Waals surface area contributed by atoms with Crippen molar-refractivity contribution in [2.75, 3.05) is 24.0 Å². The van der Waals surface area contributed by atoms with Gasteiger partial charge in [0.2, 0.25) is 11.8 Å². The number of amides is 2. The van der Waals surface area contributed by atoms with Crippen LogP contribution in [-0.2, 0) is 14.4 Å². The zero-order valence-electron chi connectivity index (χ0n) is 15.4. The molecule has 0 aromatic carbocycles. The van der Waals surface area contributed by atoms with Gasteiger partial charge in [0.1, 0.15) is 12.1 Å². The molecule has 2 amide bonds. The summed E-state index contributed by atoms with van der Waals surface area (Å²) >= 11 is 3.15. The Morgan fingerprint density at radius 1 is 0.960 bits per heavy atom. The number of nitrogens with two attached hydrogens (primary N) is 1. The Bertz CT molecular complexity index is 436. The number of thioether (sulfide) groups is 2. The van der Waals surface area contributed by atoms with Crippen molar-refractivity contribution >= 4 is 41.3 Å². The second-order valence-corrected chi connectivity index (χ2v) is 8.23. The highest BCUT2D eigenvalue weighted by Crippen LogP contribution is 2.08. The summed E-state index contributed by atoms with van der Waals surface area (Å²) in [5.41, 5.74) is 5.84. The first-order valence-corrected chi connectivity index (χ1v) is 11.1. The maximum absolute atomic E-state index is 12.5. The van der Waals surface area contributed by atoms with E-state index in [0.717, 1.165) is 5.75 Å². The first-order chi connectivity index (χ1) is 11.7. The number of carboxylic acid groups (broad SMARTS) is 1. The minimum absolute atomic E-state index is 0.126. The van der Waals surface area contributed by atoms with Gasteiger partial charge in [-0.2, -0.15) is 23.5 Å². The zero-order chi connectivity index (χ0) is 19.4. The smallest absolute Gasteiger partial charge is 0.326 e. The first kappa shape index (κ1) is 24.1. The van der Waals surface area contributed by atoms with Gasteiger partial charge in [-0.1, -0.05) is 13.8 Å². The topological polar surface area (TPSA) is 122 Å². The molecule has 0 aromatic heterocycles. The van der Waals surface area contributed by atoms with Crippen molar-refractivity contribution in [1.82, 2.24) is 10.6 Å². The van der Waals surface area contributed by atoms with Crippen LogP contribution in [0.3, 0.4) is 0 Å². The molecule has 3 atom stereocenters. The minimum Gasteiger partial charge on any atom is -0.480 e. The van der Waals surface area contributed by atoms with Crippen LogP contribution in [0.25, 0.3) is 0 Å². The van der Waals surface area contributed by atoms with Gasteiger partial charge in [-0.3, -0.25) is 9.59 Å². The molecule has 0 saturated carbocycles. The van der Waals surface area contributed by atoms with Gasteiger partial charge in [-0.15, -0.1) is 0 Å². The highest BCUT2D eigenvalue weighted by molar-refractivity contribution is 7.98. The average molecular weight is 394 g/mol. The Labute approximate surface area is 158 Å². The van der Waals surface area contributed by atoms with E-state index in [2.05, 4.69) is 10.6 Å². The van der Waals surface area contributed by atoms with Crippen molar-refractivity contribution in [2.45, 2.75) is 51.2 Å². The van der Waals surface area contributed by atoms with E-state index in [4.69, 9.17) is 5.73 Å². The van der Waals surface area contributed by atoms with Crippen LogP contribution in [0.5, 0.6) is 0 Å². The lowest BCUT2D eigenvalue weighted by molar-refractivity contribution is -0.142. The third-order valence-corrected chi connectivity index (χ3v) is 4.82. The molecule has 0 rings (SSSR count). The molecule has 25 heavy (non-hydrogen) atoms. The van der Waals surface area contributed by atoms with E-state index >= 15 is 0 Å². The zero-order valence-corrected chi connectivity index (χ0v) is 17.0.